The lowest BCUT2D eigenvalue weighted by atomic mass is 10.0. The summed E-state index contributed by atoms with van der Waals surface area (Å²) in [6.07, 6.45) is 0.114. The Bertz CT molecular complexity index is 712. The molecule has 8 nitrogen and oxygen atoms in total. The van der Waals surface area contributed by atoms with Crippen LogP contribution in [0.15, 0.2) is 23.4 Å². The molecule has 0 aromatic heterocycles. The third-order valence-corrected chi connectivity index (χ3v) is 3.54. The maximum atomic E-state index is 12.4. The second kappa shape index (κ2) is 4.58. The van der Waals surface area contributed by atoms with Crippen molar-refractivity contribution in [1.29, 1.82) is 0 Å². The first-order chi connectivity index (χ1) is 10.0. The van der Waals surface area contributed by atoms with E-state index in [4.69, 9.17) is 0 Å². The minimum atomic E-state index is -1.05. The molecular weight excluding hydrogens is 278 g/mol. The van der Waals surface area contributed by atoms with Gasteiger partial charge >= 0.3 is 0 Å². The number of hydrogen-bond donors (Lipinski definition) is 1. The molecule has 1 atom stereocenters. The highest BCUT2D eigenvalue weighted by Crippen LogP contribution is 2.33. The Morgan fingerprint density at radius 1 is 1.14 bits per heavy atom. The lowest BCUT2D eigenvalue weighted by Crippen LogP contribution is -2.54. The van der Waals surface area contributed by atoms with Gasteiger partial charge in [-0.05, 0) is 23.7 Å². The molecule has 106 valence electrons. The van der Waals surface area contributed by atoms with E-state index < -0.39 is 29.7 Å². The molecule has 3 rings (SSSR count). The number of rotatable bonds is 2. The van der Waals surface area contributed by atoms with Crippen molar-refractivity contribution in [2.24, 2.45) is 5.18 Å². The van der Waals surface area contributed by atoms with Crippen LogP contribution < -0.4 is 5.32 Å². The summed E-state index contributed by atoms with van der Waals surface area (Å²) < 4.78 is 0. The van der Waals surface area contributed by atoms with Gasteiger partial charge in [0.1, 0.15) is 11.7 Å². The summed E-state index contributed by atoms with van der Waals surface area (Å²) >= 11 is 0. The monoisotopic (exact) mass is 287 g/mol. The number of nitrogens with zero attached hydrogens (tertiary/aromatic N) is 2. The zero-order chi connectivity index (χ0) is 15.1. The van der Waals surface area contributed by atoms with Crippen LogP contribution in [0.25, 0.3) is 0 Å². The molecule has 1 aromatic rings. The standard InChI is InChI=1S/C13H9N3O5/c17-9-5-4-8(11(18)14-9)16-12(19)6-2-1-3-7(15-21)10(6)13(16)20/h1-3,8H,4-5H2,(H,14,17,18). The van der Waals surface area contributed by atoms with E-state index >= 15 is 0 Å². The van der Waals surface area contributed by atoms with Crippen molar-refractivity contribution >= 4 is 29.3 Å². The molecule has 8 heteroatoms. The molecule has 0 spiro atoms. The Labute approximate surface area is 118 Å². The van der Waals surface area contributed by atoms with Crippen LogP contribution in [0.3, 0.4) is 0 Å². The minimum Gasteiger partial charge on any atom is -0.295 e. The van der Waals surface area contributed by atoms with Crippen LogP contribution in [0, 0.1) is 4.91 Å². The summed E-state index contributed by atoms with van der Waals surface area (Å²) in [4.78, 5) is 59.2. The molecule has 0 aliphatic carbocycles. The second-order valence-electron chi connectivity index (χ2n) is 4.74. The third-order valence-electron chi connectivity index (χ3n) is 3.54. The quantitative estimate of drug-likeness (QED) is 0.628. The molecule has 21 heavy (non-hydrogen) atoms. The van der Waals surface area contributed by atoms with Gasteiger partial charge in [-0.1, -0.05) is 6.07 Å². The lowest BCUT2D eigenvalue weighted by molar-refractivity contribution is -0.136. The molecule has 1 fully saturated rings. The van der Waals surface area contributed by atoms with Gasteiger partial charge in [-0.3, -0.25) is 29.4 Å². The van der Waals surface area contributed by atoms with E-state index in [1.807, 2.05) is 0 Å². The van der Waals surface area contributed by atoms with Crippen molar-refractivity contribution < 1.29 is 19.2 Å². The van der Waals surface area contributed by atoms with Crippen molar-refractivity contribution in [2.75, 3.05) is 0 Å². The smallest absolute Gasteiger partial charge is 0.264 e. The molecule has 2 aliphatic rings. The molecule has 0 bridgehead atoms. The van der Waals surface area contributed by atoms with Crippen LogP contribution >= 0.6 is 0 Å². The predicted octanol–water partition coefficient (Wildman–Crippen LogP) is 0.486. The highest BCUT2D eigenvalue weighted by atomic mass is 16.3. The van der Waals surface area contributed by atoms with Crippen LogP contribution in [-0.4, -0.2) is 34.6 Å². The van der Waals surface area contributed by atoms with E-state index in [9.17, 15) is 24.1 Å². The van der Waals surface area contributed by atoms with Gasteiger partial charge in [0.05, 0.1) is 11.1 Å². The highest BCUT2D eigenvalue weighted by Gasteiger charge is 2.45. The normalized spacial score (nSPS) is 21.3. The van der Waals surface area contributed by atoms with Crippen LogP contribution in [0.5, 0.6) is 0 Å². The number of carbonyl (C=O) groups excluding carboxylic acids is 4. The summed E-state index contributed by atoms with van der Waals surface area (Å²) in [5.74, 6) is -2.53. The number of amides is 4. The lowest BCUT2D eigenvalue weighted by Gasteiger charge is -2.27. The molecule has 4 amide bonds. The van der Waals surface area contributed by atoms with Crippen LogP contribution in [0.4, 0.5) is 5.69 Å². The van der Waals surface area contributed by atoms with Crippen LogP contribution in [-0.2, 0) is 9.59 Å². The SMILES string of the molecule is O=Nc1cccc2c1C(=O)N(C1CCC(=O)NC1=O)C2=O. The number of hydrogen-bond acceptors (Lipinski definition) is 6. The zero-order valence-electron chi connectivity index (χ0n) is 10.7. The largest absolute Gasteiger partial charge is 0.295 e. The molecule has 1 N–H and O–H groups in total. The molecule has 0 saturated carbocycles. The average Bonchev–Trinajstić information content (AvgIpc) is 2.72. The Kier molecular flexibility index (Phi) is 2.86. The first-order valence-electron chi connectivity index (χ1n) is 6.22. The molecule has 1 unspecified atom stereocenters. The van der Waals surface area contributed by atoms with E-state index in [0.717, 1.165) is 4.90 Å². The number of fused-ring (bicyclic) bond motifs is 1. The van der Waals surface area contributed by atoms with Crippen LogP contribution in [0.2, 0.25) is 0 Å². The molecular formula is C13H9N3O5. The maximum Gasteiger partial charge on any atom is 0.264 e. The van der Waals surface area contributed by atoms with Crippen molar-refractivity contribution in [3.05, 3.63) is 34.2 Å². The minimum absolute atomic E-state index is 0.0433. The number of imide groups is 2. The van der Waals surface area contributed by atoms with Crippen molar-refractivity contribution in [2.45, 2.75) is 18.9 Å². The zero-order valence-corrected chi connectivity index (χ0v) is 10.7. The van der Waals surface area contributed by atoms with Gasteiger partial charge < -0.3 is 0 Å². The van der Waals surface area contributed by atoms with Crippen molar-refractivity contribution in [3.63, 3.8) is 0 Å². The fourth-order valence-electron chi connectivity index (χ4n) is 2.57. The maximum absolute atomic E-state index is 12.4. The van der Waals surface area contributed by atoms with Crippen LogP contribution in [0.1, 0.15) is 33.6 Å². The highest BCUT2D eigenvalue weighted by molar-refractivity contribution is 6.25. The Morgan fingerprint density at radius 2 is 1.90 bits per heavy atom. The van der Waals surface area contributed by atoms with Gasteiger partial charge in [-0.15, -0.1) is 4.91 Å². The van der Waals surface area contributed by atoms with Crippen molar-refractivity contribution in [3.8, 4) is 0 Å². The number of nitroso groups, excluding NO2 is 1. The molecule has 2 aliphatic heterocycles. The Hall–Kier alpha value is -2.90. The molecule has 2 heterocycles. The number of nitrogens with one attached hydrogen (secondary N) is 1. The van der Waals surface area contributed by atoms with E-state index in [-0.39, 0.29) is 29.7 Å². The van der Waals surface area contributed by atoms with E-state index in [0.29, 0.717) is 0 Å². The topological polar surface area (TPSA) is 113 Å². The van der Waals surface area contributed by atoms with Gasteiger partial charge in [0.25, 0.3) is 11.8 Å². The fraction of sp³-hybridized carbons (Fsp3) is 0.231. The van der Waals surface area contributed by atoms with Gasteiger partial charge in [-0.25, -0.2) is 0 Å². The van der Waals surface area contributed by atoms with Gasteiger partial charge in [0.2, 0.25) is 11.8 Å². The first kappa shape index (κ1) is 13.1. The molecule has 1 aromatic carbocycles. The van der Waals surface area contributed by atoms with Gasteiger partial charge in [0, 0.05) is 6.42 Å². The molecule has 1 saturated heterocycles. The Morgan fingerprint density at radius 3 is 2.57 bits per heavy atom. The van der Waals surface area contributed by atoms with Gasteiger partial charge in [0.15, 0.2) is 0 Å². The average molecular weight is 287 g/mol. The van der Waals surface area contributed by atoms with E-state index in [2.05, 4.69) is 10.5 Å². The summed E-state index contributed by atoms with van der Waals surface area (Å²) in [6, 6.07) is 3.12. The number of piperidine rings is 1. The van der Waals surface area contributed by atoms with Crippen molar-refractivity contribution in [1.82, 2.24) is 10.2 Å². The predicted molar refractivity (Wildman–Crippen MR) is 68.6 cm³/mol. The van der Waals surface area contributed by atoms with E-state index in [1.165, 1.54) is 18.2 Å². The number of benzene rings is 1. The second-order valence-corrected chi connectivity index (χ2v) is 4.74. The Balaban J connectivity index is 2.02. The van der Waals surface area contributed by atoms with E-state index in [1.54, 1.807) is 0 Å². The summed E-state index contributed by atoms with van der Waals surface area (Å²) in [5.41, 5.74) is -0.190. The first-order valence-corrected chi connectivity index (χ1v) is 6.22. The number of carbonyl (C=O) groups is 4. The summed E-state index contributed by atoms with van der Waals surface area (Å²) in [7, 11) is 0. The third kappa shape index (κ3) is 1.83. The summed E-state index contributed by atoms with van der Waals surface area (Å²) in [5, 5.41) is 4.83. The molecule has 0 radical (unpaired) electrons. The fourth-order valence-corrected chi connectivity index (χ4v) is 2.57. The summed E-state index contributed by atoms with van der Waals surface area (Å²) in [6.45, 7) is 0. The van der Waals surface area contributed by atoms with Gasteiger partial charge in [-0.2, -0.15) is 0 Å².